The summed E-state index contributed by atoms with van der Waals surface area (Å²) in [7, 11) is 0. The molecule has 0 radical (unpaired) electrons. The molecule has 1 saturated heterocycles. The van der Waals surface area contributed by atoms with E-state index < -0.39 is 0 Å². The Morgan fingerprint density at radius 2 is 1.87 bits per heavy atom. The molecule has 0 aliphatic carbocycles. The fraction of sp³-hybridized carbons (Fsp3) is 0.500. The molecule has 0 amide bonds. The Balaban J connectivity index is 1.62. The highest BCUT2D eigenvalue weighted by molar-refractivity contribution is 5.79. The second kappa shape index (κ2) is 12.2. The van der Waals surface area contributed by atoms with E-state index in [1.54, 1.807) is 0 Å². The van der Waals surface area contributed by atoms with Gasteiger partial charge in [-0.1, -0.05) is 43.2 Å². The number of nitrogens with one attached hydrogen (secondary N) is 2. The summed E-state index contributed by atoms with van der Waals surface area (Å²) in [6, 6.07) is 14.3. The van der Waals surface area contributed by atoms with Crippen molar-refractivity contribution >= 4 is 11.8 Å². The van der Waals surface area contributed by atoms with Crippen molar-refractivity contribution in [1.29, 1.82) is 0 Å². The van der Waals surface area contributed by atoms with Crippen molar-refractivity contribution < 1.29 is 5.11 Å². The summed E-state index contributed by atoms with van der Waals surface area (Å²) < 4.78 is 0. The average Bonchev–Trinajstić information content (AvgIpc) is 3.08. The summed E-state index contributed by atoms with van der Waals surface area (Å²) in [6.45, 7) is 6.34. The number of aliphatic imine (C=N–C) groups is 1. The first-order valence-corrected chi connectivity index (χ1v) is 11.2. The van der Waals surface area contributed by atoms with Crippen LogP contribution in [-0.4, -0.2) is 48.8 Å². The number of anilines is 1. The van der Waals surface area contributed by atoms with Gasteiger partial charge in [0, 0.05) is 38.3 Å². The van der Waals surface area contributed by atoms with E-state index in [2.05, 4.69) is 33.5 Å². The van der Waals surface area contributed by atoms with Gasteiger partial charge in [0.05, 0.1) is 13.2 Å². The Hall–Kier alpha value is -2.60. The van der Waals surface area contributed by atoms with Crippen LogP contribution < -0.4 is 15.5 Å². The van der Waals surface area contributed by atoms with Gasteiger partial charge in [0.25, 0.3) is 0 Å². The molecule has 1 atom stereocenters. The molecule has 1 aliphatic rings. The van der Waals surface area contributed by atoms with Crippen molar-refractivity contribution in [2.45, 2.75) is 45.1 Å². The molecular weight excluding hydrogens is 374 g/mol. The fourth-order valence-corrected chi connectivity index (χ4v) is 3.78. The van der Waals surface area contributed by atoms with E-state index in [9.17, 15) is 5.11 Å². The number of aliphatic hydroxyl groups is 1. The molecule has 30 heavy (non-hydrogen) atoms. The Morgan fingerprint density at radius 1 is 1.10 bits per heavy atom. The van der Waals surface area contributed by atoms with Crippen LogP contribution in [0, 0.1) is 0 Å². The third-order valence-electron chi connectivity index (χ3n) is 5.51. The minimum atomic E-state index is 0.0330. The maximum atomic E-state index is 9.79. The van der Waals surface area contributed by atoms with E-state index in [-0.39, 0.29) is 12.5 Å². The lowest BCUT2D eigenvalue weighted by atomic mass is 10.0. The molecule has 2 aromatic rings. The standard InChI is InChI=1S/C24H35N5O/c1-2-25-24(28-18-22(19-30)21-10-6-5-7-11-21)27-17-20-12-13-26-23(16-20)29-14-8-3-4-9-15-29/h5-7,10-13,16,22,30H,2-4,8-9,14-15,17-19H2,1H3,(H2,25,27,28). The number of guanidine groups is 1. The van der Waals surface area contributed by atoms with Gasteiger partial charge >= 0.3 is 0 Å². The highest BCUT2D eigenvalue weighted by Crippen LogP contribution is 2.18. The van der Waals surface area contributed by atoms with Crippen molar-refractivity contribution in [1.82, 2.24) is 15.6 Å². The van der Waals surface area contributed by atoms with Crippen molar-refractivity contribution in [3.8, 4) is 0 Å². The molecule has 1 unspecified atom stereocenters. The molecule has 3 rings (SSSR count). The van der Waals surface area contributed by atoms with Crippen molar-refractivity contribution in [3.05, 3.63) is 59.8 Å². The highest BCUT2D eigenvalue weighted by atomic mass is 16.3. The van der Waals surface area contributed by atoms with Gasteiger partial charge in [-0.3, -0.25) is 0 Å². The number of aliphatic hydroxyl groups excluding tert-OH is 1. The summed E-state index contributed by atoms with van der Waals surface area (Å²) >= 11 is 0. The zero-order chi connectivity index (χ0) is 21.0. The van der Waals surface area contributed by atoms with E-state index >= 15 is 0 Å². The van der Waals surface area contributed by atoms with Crippen LogP contribution in [0.15, 0.2) is 53.7 Å². The molecule has 6 nitrogen and oxygen atoms in total. The molecule has 1 aromatic carbocycles. The Morgan fingerprint density at radius 3 is 2.57 bits per heavy atom. The summed E-state index contributed by atoms with van der Waals surface area (Å²) in [5, 5.41) is 16.5. The van der Waals surface area contributed by atoms with Gasteiger partial charge < -0.3 is 20.6 Å². The lowest BCUT2D eigenvalue weighted by Crippen LogP contribution is -2.39. The molecule has 1 aromatic heterocycles. The van der Waals surface area contributed by atoms with Crippen molar-refractivity contribution in [3.63, 3.8) is 0 Å². The zero-order valence-electron chi connectivity index (χ0n) is 18.1. The number of pyridine rings is 1. The molecular formula is C24H35N5O. The predicted molar refractivity (Wildman–Crippen MR) is 124 cm³/mol. The molecule has 162 valence electrons. The minimum Gasteiger partial charge on any atom is -0.396 e. The molecule has 1 fully saturated rings. The summed E-state index contributed by atoms with van der Waals surface area (Å²) in [6.07, 6.45) is 7.01. The molecule has 0 spiro atoms. The third kappa shape index (κ3) is 6.73. The molecule has 0 saturated carbocycles. The first-order valence-electron chi connectivity index (χ1n) is 11.2. The normalized spacial score (nSPS) is 16.1. The number of hydrogen-bond acceptors (Lipinski definition) is 4. The third-order valence-corrected chi connectivity index (χ3v) is 5.51. The van der Waals surface area contributed by atoms with Gasteiger partial charge in [-0.2, -0.15) is 0 Å². The monoisotopic (exact) mass is 409 g/mol. The van der Waals surface area contributed by atoms with Crippen molar-refractivity contribution in [2.75, 3.05) is 37.7 Å². The van der Waals surface area contributed by atoms with E-state index in [1.165, 1.54) is 25.7 Å². The first-order chi connectivity index (χ1) is 14.8. The maximum absolute atomic E-state index is 9.79. The van der Waals surface area contributed by atoms with Crippen LogP contribution in [0.5, 0.6) is 0 Å². The van der Waals surface area contributed by atoms with Crippen LogP contribution in [-0.2, 0) is 6.54 Å². The highest BCUT2D eigenvalue weighted by Gasteiger charge is 2.12. The number of nitrogens with zero attached hydrogens (tertiary/aromatic N) is 3. The molecule has 2 heterocycles. The van der Waals surface area contributed by atoms with E-state index in [1.807, 2.05) is 42.6 Å². The van der Waals surface area contributed by atoms with Gasteiger partial charge in [0.15, 0.2) is 5.96 Å². The summed E-state index contributed by atoms with van der Waals surface area (Å²) in [5.74, 6) is 1.86. The topological polar surface area (TPSA) is 72.8 Å². The van der Waals surface area contributed by atoms with Crippen LogP contribution in [0.1, 0.15) is 49.7 Å². The number of hydrogen-bond donors (Lipinski definition) is 3. The average molecular weight is 410 g/mol. The van der Waals surface area contributed by atoms with Crippen molar-refractivity contribution in [2.24, 2.45) is 4.99 Å². The minimum absolute atomic E-state index is 0.0330. The van der Waals surface area contributed by atoms with Gasteiger partial charge in [0.2, 0.25) is 0 Å². The molecule has 6 heteroatoms. The Kier molecular flexibility index (Phi) is 8.97. The summed E-state index contributed by atoms with van der Waals surface area (Å²) in [5.41, 5.74) is 2.28. The molecule has 0 bridgehead atoms. The largest absolute Gasteiger partial charge is 0.396 e. The second-order valence-corrected chi connectivity index (χ2v) is 7.79. The van der Waals surface area contributed by atoms with E-state index in [0.29, 0.717) is 13.1 Å². The van der Waals surface area contributed by atoms with Gasteiger partial charge in [-0.15, -0.1) is 0 Å². The first kappa shape index (κ1) is 22.1. The van der Waals surface area contributed by atoms with Crippen LogP contribution >= 0.6 is 0 Å². The van der Waals surface area contributed by atoms with Gasteiger partial charge in [-0.25, -0.2) is 9.98 Å². The fourth-order valence-electron chi connectivity index (χ4n) is 3.78. The SMILES string of the molecule is CCNC(=NCc1ccnc(N2CCCCCC2)c1)NCC(CO)c1ccccc1. The smallest absolute Gasteiger partial charge is 0.191 e. The van der Waals surface area contributed by atoms with E-state index in [4.69, 9.17) is 4.99 Å². The lowest BCUT2D eigenvalue weighted by molar-refractivity contribution is 0.265. The van der Waals surface area contributed by atoms with E-state index in [0.717, 1.165) is 42.5 Å². The van der Waals surface area contributed by atoms with Gasteiger partial charge in [0.1, 0.15) is 5.82 Å². The van der Waals surface area contributed by atoms with Gasteiger partial charge in [-0.05, 0) is 43.0 Å². The van der Waals surface area contributed by atoms with Crippen LogP contribution in [0.3, 0.4) is 0 Å². The number of benzene rings is 1. The van der Waals surface area contributed by atoms with Crippen LogP contribution in [0.25, 0.3) is 0 Å². The van der Waals surface area contributed by atoms with Crippen LogP contribution in [0.4, 0.5) is 5.82 Å². The predicted octanol–water partition coefficient (Wildman–Crippen LogP) is 3.29. The maximum Gasteiger partial charge on any atom is 0.191 e. The quantitative estimate of drug-likeness (QED) is 0.461. The zero-order valence-corrected chi connectivity index (χ0v) is 18.1. The van der Waals surface area contributed by atoms with Crippen LogP contribution in [0.2, 0.25) is 0 Å². The lowest BCUT2D eigenvalue weighted by Gasteiger charge is -2.21. The Labute approximate surface area is 180 Å². The molecule has 3 N–H and O–H groups in total. The number of rotatable bonds is 8. The molecule has 1 aliphatic heterocycles. The Bertz CT molecular complexity index is 772. The second-order valence-electron chi connectivity index (χ2n) is 7.79. The summed E-state index contributed by atoms with van der Waals surface area (Å²) in [4.78, 5) is 11.7. The number of aromatic nitrogens is 1.